The molecule has 74 valence electrons. The summed E-state index contributed by atoms with van der Waals surface area (Å²) < 4.78 is 12.1. The molecule has 0 aromatic carbocycles. The fourth-order valence-corrected chi connectivity index (χ4v) is 1.83. The predicted molar refractivity (Wildman–Crippen MR) is 52.6 cm³/mol. The summed E-state index contributed by atoms with van der Waals surface area (Å²) in [6, 6.07) is 0. The number of hydrogen-bond acceptors (Lipinski definition) is 5. The quantitative estimate of drug-likeness (QED) is 0.619. The van der Waals surface area contributed by atoms with Crippen LogP contribution < -0.4 is 0 Å². The normalized spacial score (nSPS) is 11.0. The van der Waals surface area contributed by atoms with Gasteiger partial charge >= 0.3 is 0 Å². The van der Waals surface area contributed by atoms with Crippen LogP contribution in [0.4, 0.5) is 0 Å². The highest BCUT2D eigenvalue weighted by Crippen LogP contribution is 2.17. The molecule has 0 atom stereocenters. The smallest absolute Gasteiger partial charge is 0.203 e. The van der Waals surface area contributed by atoms with Gasteiger partial charge < -0.3 is 14.6 Å². The molecule has 0 radical (unpaired) electrons. The van der Waals surface area contributed by atoms with Crippen LogP contribution in [0.15, 0.2) is 5.38 Å². The molecular weight excluding hydrogens is 210 g/mol. The monoisotopic (exact) mass is 221 g/mol. The highest BCUT2D eigenvalue weighted by Gasteiger charge is 2.09. The average Bonchev–Trinajstić information content (AvgIpc) is 2.44. The summed E-state index contributed by atoms with van der Waals surface area (Å²) in [6.45, 7) is 0.404. The number of nitrogens with zero attached hydrogens (tertiary/aromatic N) is 1. The van der Waals surface area contributed by atoms with Crippen molar-refractivity contribution in [1.29, 1.82) is 0 Å². The molecule has 0 aliphatic carbocycles. The summed E-state index contributed by atoms with van der Waals surface area (Å²) in [7, 11) is 3.09. The van der Waals surface area contributed by atoms with E-state index in [9.17, 15) is 5.11 Å². The number of thiazole rings is 1. The Morgan fingerprint density at radius 1 is 1.62 bits per heavy atom. The van der Waals surface area contributed by atoms with Gasteiger partial charge in [0.1, 0.15) is 0 Å². The minimum absolute atomic E-state index is 0.147. The second-order valence-corrected chi connectivity index (χ2v) is 3.87. The highest BCUT2D eigenvalue weighted by molar-refractivity contribution is 7.73. The van der Waals surface area contributed by atoms with Crippen molar-refractivity contribution in [3.05, 3.63) is 9.33 Å². The molecule has 4 nitrogen and oxygen atoms in total. The van der Waals surface area contributed by atoms with Crippen LogP contribution in [0.3, 0.4) is 0 Å². The first-order valence-corrected chi connectivity index (χ1v) is 4.90. The van der Waals surface area contributed by atoms with Crippen molar-refractivity contribution < 1.29 is 14.6 Å². The fraction of sp³-hybridized carbons (Fsp3) is 0.571. The average molecular weight is 221 g/mol. The minimum Gasteiger partial charge on any atom is -0.494 e. The lowest BCUT2D eigenvalue weighted by atomic mass is 10.6. The number of rotatable bonds is 4. The molecular formula is C7H11NO3S2. The molecule has 0 saturated heterocycles. The summed E-state index contributed by atoms with van der Waals surface area (Å²) in [4.78, 5) is 0. The Kier molecular flexibility index (Phi) is 3.86. The topological polar surface area (TPSA) is 43.6 Å². The Morgan fingerprint density at radius 3 is 2.62 bits per heavy atom. The third kappa shape index (κ3) is 2.50. The van der Waals surface area contributed by atoms with Crippen LogP contribution in [0.25, 0.3) is 0 Å². The fourth-order valence-electron chi connectivity index (χ4n) is 0.886. The van der Waals surface area contributed by atoms with E-state index in [4.69, 9.17) is 21.7 Å². The highest BCUT2D eigenvalue weighted by atomic mass is 32.1. The number of aromatic nitrogens is 1. The Bertz CT molecular complexity index is 316. The molecule has 0 saturated carbocycles. The molecule has 0 aliphatic rings. The zero-order valence-corrected chi connectivity index (χ0v) is 9.02. The molecule has 13 heavy (non-hydrogen) atoms. The zero-order valence-electron chi connectivity index (χ0n) is 7.39. The molecule has 1 N–H and O–H groups in total. The maximum atomic E-state index is 9.37. The molecule has 0 aliphatic heterocycles. The van der Waals surface area contributed by atoms with E-state index in [1.807, 2.05) is 0 Å². The molecule has 1 aromatic rings. The zero-order chi connectivity index (χ0) is 9.84. The maximum absolute atomic E-state index is 9.37. The van der Waals surface area contributed by atoms with Crippen LogP contribution in [-0.2, 0) is 16.0 Å². The first-order chi connectivity index (χ1) is 6.19. The van der Waals surface area contributed by atoms with E-state index in [0.29, 0.717) is 10.5 Å². The Balaban J connectivity index is 2.78. The first-order valence-electron chi connectivity index (χ1n) is 3.62. The Morgan fingerprint density at radius 2 is 2.23 bits per heavy atom. The van der Waals surface area contributed by atoms with E-state index in [0.717, 1.165) is 0 Å². The molecule has 1 rings (SSSR count). The molecule has 0 amide bonds. The van der Waals surface area contributed by atoms with Gasteiger partial charge in [0, 0.05) is 14.2 Å². The molecule has 0 unspecified atom stereocenters. The van der Waals surface area contributed by atoms with E-state index < -0.39 is 0 Å². The van der Waals surface area contributed by atoms with Crippen molar-refractivity contribution in [3.63, 3.8) is 0 Å². The van der Waals surface area contributed by atoms with Crippen LogP contribution in [0.1, 0.15) is 0 Å². The van der Waals surface area contributed by atoms with E-state index in [2.05, 4.69) is 0 Å². The van der Waals surface area contributed by atoms with Crippen LogP contribution >= 0.6 is 23.6 Å². The van der Waals surface area contributed by atoms with E-state index in [1.54, 1.807) is 24.2 Å². The molecule has 0 bridgehead atoms. The third-order valence-electron chi connectivity index (χ3n) is 1.62. The van der Waals surface area contributed by atoms with Crippen LogP contribution in [-0.4, -0.2) is 30.2 Å². The summed E-state index contributed by atoms with van der Waals surface area (Å²) in [5.41, 5.74) is 0. The van der Waals surface area contributed by atoms with Gasteiger partial charge in [-0.15, -0.1) is 11.3 Å². The van der Waals surface area contributed by atoms with Gasteiger partial charge in [0.15, 0.2) is 10.2 Å². The molecule has 1 heterocycles. The summed E-state index contributed by atoms with van der Waals surface area (Å²) in [6.07, 6.45) is -0.382. The van der Waals surface area contributed by atoms with Gasteiger partial charge in [0.05, 0.1) is 11.9 Å². The standard InChI is InChI=1S/C7H11NO3S2/c1-10-6(11-2)3-8-5(9)4-13-7(8)12/h4,6,9H,3H2,1-2H3. The van der Waals surface area contributed by atoms with Gasteiger partial charge in [-0.05, 0) is 12.2 Å². The predicted octanol–water partition coefficient (Wildman–Crippen LogP) is 1.60. The number of methoxy groups -OCH3 is 2. The van der Waals surface area contributed by atoms with Crippen molar-refractivity contribution >= 4 is 23.6 Å². The second kappa shape index (κ2) is 4.71. The SMILES string of the molecule is COC(Cn1c(O)csc1=S)OC. The van der Waals surface area contributed by atoms with Crippen LogP contribution in [0.5, 0.6) is 5.88 Å². The van der Waals surface area contributed by atoms with Crippen molar-refractivity contribution in [1.82, 2.24) is 4.57 Å². The lowest BCUT2D eigenvalue weighted by Gasteiger charge is -2.14. The summed E-state index contributed by atoms with van der Waals surface area (Å²) >= 11 is 6.31. The second-order valence-electron chi connectivity index (χ2n) is 2.37. The maximum Gasteiger partial charge on any atom is 0.203 e. The van der Waals surface area contributed by atoms with Gasteiger partial charge in [-0.3, -0.25) is 4.57 Å². The Hall–Kier alpha value is -0.430. The number of hydrogen-bond donors (Lipinski definition) is 1. The van der Waals surface area contributed by atoms with Crippen molar-refractivity contribution in [2.45, 2.75) is 12.8 Å². The van der Waals surface area contributed by atoms with Crippen molar-refractivity contribution in [2.75, 3.05) is 14.2 Å². The largest absolute Gasteiger partial charge is 0.494 e. The van der Waals surface area contributed by atoms with Crippen LogP contribution in [0, 0.1) is 3.95 Å². The van der Waals surface area contributed by atoms with Crippen molar-refractivity contribution in [2.24, 2.45) is 0 Å². The molecule has 0 spiro atoms. The van der Waals surface area contributed by atoms with Gasteiger partial charge in [0.25, 0.3) is 0 Å². The minimum atomic E-state index is -0.382. The van der Waals surface area contributed by atoms with Crippen LogP contribution in [0.2, 0.25) is 0 Å². The molecule has 0 fully saturated rings. The van der Waals surface area contributed by atoms with Gasteiger partial charge in [0.2, 0.25) is 5.88 Å². The first kappa shape index (κ1) is 10.6. The van der Waals surface area contributed by atoms with E-state index in [1.165, 1.54) is 11.3 Å². The van der Waals surface area contributed by atoms with E-state index >= 15 is 0 Å². The molecule has 6 heteroatoms. The third-order valence-corrected chi connectivity index (χ3v) is 2.88. The summed E-state index contributed by atoms with van der Waals surface area (Å²) in [5.74, 6) is 0.147. The van der Waals surface area contributed by atoms with Gasteiger partial charge in [-0.1, -0.05) is 0 Å². The van der Waals surface area contributed by atoms with Crippen molar-refractivity contribution in [3.8, 4) is 5.88 Å². The van der Waals surface area contributed by atoms with Gasteiger partial charge in [-0.25, -0.2) is 0 Å². The lowest BCUT2D eigenvalue weighted by Crippen LogP contribution is -2.20. The number of aromatic hydroxyl groups is 1. The number of ether oxygens (including phenoxy) is 2. The lowest BCUT2D eigenvalue weighted by molar-refractivity contribution is -0.111. The Labute approximate surface area is 85.3 Å². The van der Waals surface area contributed by atoms with E-state index in [-0.39, 0.29) is 12.2 Å². The van der Waals surface area contributed by atoms with Gasteiger partial charge in [-0.2, -0.15) is 0 Å². The molecule has 1 aromatic heterocycles. The summed E-state index contributed by atoms with van der Waals surface area (Å²) in [5, 5.41) is 11.0.